The lowest BCUT2D eigenvalue weighted by molar-refractivity contribution is -0.275. The van der Waals surface area contributed by atoms with E-state index in [0.29, 0.717) is 0 Å². The van der Waals surface area contributed by atoms with Gasteiger partial charge in [-0.2, -0.15) is 0 Å². The van der Waals surface area contributed by atoms with Crippen LogP contribution in [0.4, 0.5) is 17.6 Å². The lowest BCUT2D eigenvalue weighted by Crippen LogP contribution is -2.24. The molecule has 0 heterocycles. The quantitative estimate of drug-likeness (QED) is 0.499. The Morgan fingerprint density at radius 1 is 0.885 bits per heavy atom. The maximum absolute atomic E-state index is 13.9. The monoisotopic (exact) mass is 374 g/mol. The predicted molar refractivity (Wildman–Crippen MR) is 95.6 cm³/mol. The molecule has 0 bridgehead atoms. The number of rotatable bonds is 3. The standard InChI is InChI=1S/C20H26F4O.CH4/c1-13-2-4-14(5-3-13)15-6-8-16(9-7-15)17-10-11-19(18(21)12-17)25-20(22,23)24;/h10-16H,2-9H2,1H3;1H4. The molecule has 0 unspecified atom stereocenters. The predicted octanol–water partition coefficient (Wildman–Crippen LogP) is 7.46. The zero-order valence-corrected chi connectivity index (χ0v) is 14.6. The lowest BCUT2D eigenvalue weighted by Gasteiger charge is -2.37. The first kappa shape index (κ1) is 21.0. The van der Waals surface area contributed by atoms with Gasteiger partial charge in [-0.3, -0.25) is 0 Å². The van der Waals surface area contributed by atoms with E-state index in [4.69, 9.17) is 0 Å². The van der Waals surface area contributed by atoms with Crippen LogP contribution in [0.1, 0.15) is 77.2 Å². The van der Waals surface area contributed by atoms with Gasteiger partial charge in [0.2, 0.25) is 0 Å². The second-order valence-corrected chi connectivity index (χ2v) is 7.87. The molecule has 0 radical (unpaired) electrons. The Morgan fingerprint density at radius 2 is 1.42 bits per heavy atom. The molecule has 148 valence electrons. The molecule has 2 aliphatic carbocycles. The number of hydrogen-bond donors (Lipinski definition) is 0. The van der Waals surface area contributed by atoms with Crippen LogP contribution in [0.5, 0.6) is 5.75 Å². The van der Waals surface area contributed by atoms with Gasteiger partial charge in [0.1, 0.15) is 0 Å². The maximum Gasteiger partial charge on any atom is 0.573 e. The van der Waals surface area contributed by atoms with Crippen molar-refractivity contribution in [2.75, 3.05) is 0 Å². The molecule has 3 rings (SSSR count). The van der Waals surface area contributed by atoms with E-state index in [1.54, 1.807) is 6.07 Å². The van der Waals surface area contributed by atoms with Crippen LogP contribution in [-0.4, -0.2) is 6.36 Å². The number of halogens is 4. The topological polar surface area (TPSA) is 9.23 Å². The van der Waals surface area contributed by atoms with Crippen molar-refractivity contribution in [2.45, 2.75) is 78.0 Å². The summed E-state index contributed by atoms with van der Waals surface area (Å²) >= 11 is 0. The fourth-order valence-corrected chi connectivity index (χ4v) is 4.66. The molecule has 0 aliphatic heterocycles. The Kier molecular flexibility index (Phi) is 6.98. The fraction of sp³-hybridized carbons (Fsp3) is 0.714. The average molecular weight is 374 g/mol. The first-order chi connectivity index (χ1) is 11.8. The molecule has 0 N–H and O–H groups in total. The summed E-state index contributed by atoms with van der Waals surface area (Å²) in [5, 5.41) is 0. The summed E-state index contributed by atoms with van der Waals surface area (Å²) in [5.74, 6) is 1.01. The Labute approximate surface area is 154 Å². The fourth-order valence-electron chi connectivity index (χ4n) is 4.66. The number of ether oxygens (including phenoxy) is 1. The van der Waals surface area contributed by atoms with E-state index in [9.17, 15) is 17.6 Å². The Balaban J connectivity index is 0.00000243. The Morgan fingerprint density at radius 3 is 1.92 bits per heavy atom. The highest BCUT2D eigenvalue weighted by molar-refractivity contribution is 5.31. The van der Waals surface area contributed by atoms with Gasteiger partial charge >= 0.3 is 6.36 Å². The van der Waals surface area contributed by atoms with Crippen LogP contribution in [0, 0.1) is 23.6 Å². The summed E-state index contributed by atoms with van der Waals surface area (Å²) in [6.45, 7) is 2.33. The van der Waals surface area contributed by atoms with Gasteiger partial charge < -0.3 is 4.74 Å². The highest BCUT2D eigenvalue weighted by Crippen LogP contribution is 2.44. The van der Waals surface area contributed by atoms with Gasteiger partial charge in [0.05, 0.1) is 0 Å². The molecular weight excluding hydrogens is 344 g/mol. The highest BCUT2D eigenvalue weighted by Gasteiger charge is 2.33. The van der Waals surface area contributed by atoms with Crippen LogP contribution in [0.2, 0.25) is 0 Å². The first-order valence-electron chi connectivity index (χ1n) is 9.37. The minimum absolute atomic E-state index is 0. The minimum Gasteiger partial charge on any atom is -0.403 e. The van der Waals surface area contributed by atoms with Crippen LogP contribution in [0.25, 0.3) is 0 Å². The third-order valence-corrected chi connectivity index (χ3v) is 6.15. The molecule has 1 nitrogen and oxygen atoms in total. The molecule has 1 aromatic rings. The molecule has 0 spiro atoms. The maximum atomic E-state index is 13.9. The Hall–Kier alpha value is -1.26. The van der Waals surface area contributed by atoms with Gasteiger partial charge in [-0.25, -0.2) is 4.39 Å². The van der Waals surface area contributed by atoms with Crippen molar-refractivity contribution in [3.8, 4) is 5.75 Å². The largest absolute Gasteiger partial charge is 0.573 e. The van der Waals surface area contributed by atoms with Crippen molar-refractivity contribution >= 4 is 0 Å². The summed E-state index contributed by atoms with van der Waals surface area (Å²) in [6, 6.07) is 3.90. The summed E-state index contributed by atoms with van der Waals surface area (Å²) in [7, 11) is 0. The second kappa shape index (κ2) is 8.62. The van der Waals surface area contributed by atoms with Gasteiger partial charge in [0.25, 0.3) is 0 Å². The lowest BCUT2D eigenvalue weighted by atomic mass is 9.68. The molecule has 5 heteroatoms. The molecule has 2 aliphatic rings. The average Bonchev–Trinajstić information content (AvgIpc) is 2.56. The smallest absolute Gasteiger partial charge is 0.403 e. The molecule has 26 heavy (non-hydrogen) atoms. The normalized spacial score (nSPS) is 29.7. The number of hydrogen-bond acceptors (Lipinski definition) is 1. The zero-order chi connectivity index (χ0) is 18.0. The molecule has 2 fully saturated rings. The van der Waals surface area contributed by atoms with Crippen LogP contribution < -0.4 is 4.74 Å². The minimum atomic E-state index is -4.86. The van der Waals surface area contributed by atoms with Crippen LogP contribution in [0.3, 0.4) is 0 Å². The van der Waals surface area contributed by atoms with Crippen molar-refractivity contribution in [3.63, 3.8) is 0 Å². The van der Waals surface area contributed by atoms with E-state index in [-0.39, 0.29) is 13.3 Å². The molecule has 0 aromatic heterocycles. The van der Waals surface area contributed by atoms with E-state index in [0.717, 1.165) is 55.1 Å². The summed E-state index contributed by atoms with van der Waals surface area (Å²) in [5.41, 5.74) is 0.794. The SMILES string of the molecule is C.CC1CCC(C2CCC(c3ccc(OC(F)(F)F)c(F)c3)CC2)CC1. The van der Waals surface area contributed by atoms with Crippen LogP contribution >= 0.6 is 0 Å². The van der Waals surface area contributed by atoms with E-state index >= 15 is 0 Å². The Bertz CT molecular complexity index is 568. The molecule has 0 amide bonds. The third kappa shape index (κ3) is 5.37. The highest BCUT2D eigenvalue weighted by atomic mass is 19.4. The van der Waals surface area contributed by atoms with Crippen molar-refractivity contribution < 1.29 is 22.3 Å². The summed E-state index contributed by atoms with van der Waals surface area (Å²) in [4.78, 5) is 0. The van der Waals surface area contributed by atoms with Crippen molar-refractivity contribution in [1.82, 2.24) is 0 Å². The van der Waals surface area contributed by atoms with Crippen LogP contribution in [0.15, 0.2) is 18.2 Å². The second-order valence-electron chi connectivity index (χ2n) is 7.87. The molecule has 0 saturated heterocycles. The van der Waals surface area contributed by atoms with Crippen molar-refractivity contribution in [1.29, 1.82) is 0 Å². The zero-order valence-electron chi connectivity index (χ0n) is 14.6. The number of benzene rings is 1. The van der Waals surface area contributed by atoms with Gasteiger partial charge in [0, 0.05) is 0 Å². The molecule has 2 saturated carbocycles. The first-order valence-corrected chi connectivity index (χ1v) is 9.37. The van der Waals surface area contributed by atoms with E-state index < -0.39 is 17.9 Å². The van der Waals surface area contributed by atoms with Crippen molar-refractivity contribution in [3.05, 3.63) is 29.6 Å². The molecule has 1 aromatic carbocycles. The third-order valence-electron chi connectivity index (χ3n) is 6.15. The number of alkyl halides is 3. The van der Waals surface area contributed by atoms with E-state index in [1.165, 1.54) is 31.7 Å². The van der Waals surface area contributed by atoms with Gasteiger partial charge in [-0.15, -0.1) is 13.2 Å². The van der Waals surface area contributed by atoms with E-state index in [2.05, 4.69) is 11.7 Å². The summed E-state index contributed by atoms with van der Waals surface area (Å²) < 4.78 is 54.3. The van der Waals surface area contributed by atoms with Crippen LogP contribution in [-0.2, 0) is 0 Å². The van der Waals surface area contributed by atoms with E-state index in [1.807, 2.05) is 0 Å². The molecular formula is C21H30F4O. The van der Waals surface area contributed by atoms with Gasteiger partial charge in [-0.05, 0) is 79.9 Å². The molecule has 0 atom stereocenters. The summed E-state index contributed by atoms with van der Waals surface area (Å²) in [6.07, 6.45) is 4.73. The van der Waals surface area contributed by atoms with Crippen molar-refractivity contribution in [2.24, 2.45) is 17.8 Å². The van der Waals surface area contributed by atoms with Gasteiger partial charge in [-0.1, -0.05) is 33.3 Å². The van der Waals surface area contributed by atoms with Gasteiger partial charge in [0.15, 0.2) is 11.6 Å².